The molecule has 70 valence electrons. The van der Waals surface area contributed by atoms with Gasteiger partial charge in [0.15, 0.2) is 0 Å². The van der Waals surface area contributed by atoms with Crippen LogP contribution in [0.5, 0.6) is 0 Å². The summed E-state index contributed by atoms with van der Waals surface area (Å²) in [4.78, 5) is 10.2. The molecule has 0 radical (unpaired) electrons. The van der Waals surface area contributed by atoms with Crippen LogP contribution in [0.25, 0.3) is 0 Å². The quantitative estimate of drug-likeness (QED) is 0.562. The maximum Gasteiger partial charge on any atom is 0.207 e. The van der Waals surface area contributed by atoms with Gasteiger partial charge in [-0.05, 0) is 6.42 Å². The van der Waals surface area contributed by atoms with E-state index >= 15 is 0 Å². The van der Waals surface area contributed by atoms with Gasteiger partial charge >= 0.3 is 0 Å². The molecule has 0 aromatic rings. The van der Waals surface area contributed by atoms with Gasteiger partial charge in [-0.25, -0.2) is 0 Å². The maximum absolute atomic E-state index is 10.2. The van der Waals surface area contributed by atoms with Crippen molar-refractivity contribution in [3.05, 3.63) is 0 Å². The first kappa shape index (κ1) is 9.48. The molecule has 2 N–H and O–H groups in total. The molecule has 0 aromatic heterocycles. The molecule has 1 heterocycles. The van der Waals surface area contributed by atoms with Crippen molar-refractivity contribution in [1.82, 2.24) is 10.6 Å². The van der Waals surface area contributed by atoms with Crippen LogP contribution in [0.3, 0.4) is 0 Å². The number of carbonyl (C=O) groups is 1. The Kier molecular flexibility index (Phi) is 4.04. The van der Waals surface area contributed by atoms with Gasteiger partial charge in [0.05, 0.1) is 18.8 Å². The Morgan fingerprint density at radius 2 is 2.67 bits per heavy atom. The van der Waals surface area contributed by atoms with Crippen LogP contribution in [0.2, 0.25) is 0 Å². The monoisotopic (exact) mass is 172 g/mol. The first-order chi connectivity index (χ1) is 5.88. The lowest BCUT2D eigenvalue weighted by Gasteiger charge is -2.29. The molecule has 1 aliphatic rings. The van der Waals surface area contributed by atoms with Crippen molar-refractivity contribution < 1.29 is 9.53 Å². The minimum Gasteiger partial charge on any atom is -0.373 e. The molecule has 1 aliphatic heterocycles. The number of amides is 1. The van der Waals surface area contributed by atoms with Crippen molar-refractivity contribution in [3.63, 3.8) is 0 Å². The Balaban J connectivity index is 2.34. The minimum atomic E-state index is 0.133. The van der Waals surface area contributed by atoms with Gasteiger partial charge in [0.25, 0.3) is 0 Å². The van der Waals surface area contributed by atoms with Gasteiger partial charge in [-0.15, -0.1) is 0 Å². The fraction of sp³-hybridized carbons (Fsp3) is 0.875. The Labute approximate surface area is 72.7 Å². The largest absolute Gasteiger partial charge is 0.373 e. The van der Waals surface area contributed by atoms with Gasteiger partial charge in [0.1, 0.15) is 0 Å². The second-order valence-electron chi connectivity index (χ2n) is 2.91. The zero-order valence-corrected chi connectivity index (χ0v) is 7.38. The van der Waals surface area contributed by atoms with Crippen LogP contribution in [0.15, 0.2) is 0 Å². The second-order valence-corrected chi connectivity index (χ2v) is 2.91. The molecule has 1 amide bonds. The van der Waals surface area contributed by atoms with E-state index in [0.717, 1.165) is 32.5 Å². The molecule has 0 aromatic carbocycles. The fourth-order valence-corrected chi connectivity index (χ4v) is 1.42. The van der Waals surface area contributed by atoms with E-state index in [-0.39, 0.29) is 12.1 Å². The van der Waals surface area contributed by atoms with Crippen LogP contribution in [-0.4, -0.2) is 38.3 Å². The minimum absolute atomic E-state index is 0.133. The van der Waals surface area contributed by atoms with Crippen LogP contribution in [0, 0.1) is 0 Å². The van der Waals surface area contributed by atoms with Crippen molar-refractivity contribution >= 4 is 6.41 Å². The molecule has 4 heteroatoms. The lowest BCUT2D eigenvalue weighted by atomic mass is 10.1. The summed E-state index contributed by atoms with van der Waals surface area (Å²) in [6, 6.07) is 0.148. The van der Waals surface area contributed by atoms with E-state index in [9.17, 15) is 4.79 Å². The van der Waals surface area contributed by atoms with Gasteiger partial charge in [0.2, 0.25) is 6.41 Å². The van der Waals surface area contributed by atoms with Gasteiger partial charge in [0, 0.05) is 13.1 Å². The lowest BCUT2D eigenvalue weighted by molar-refractivity contribution is -0.111. The number of hydrogen-bond donors (Lipinski definition) is 2. The summed E-state index contributed by atoms with van der Waals surface area (Å²) in [7, 11) is 0. The number of morpholine rings is 1. The highest BCUT2D eigenvalue weighted by Crippen LogP contribution is 2.04. The van der Waals surface area contributed by atoms with Crippen molar-refractivity contribution in [1.29, 1.82) is 0 Å². The van der Waals surface area contributed by atoms with Gasteiger partial charge < -0.3 is 15.4 Å². The Morgan fingerprint density at radius 1 is 1.83 bits per heavy atom. The van der Waals surface area contributed by atoms with Crippen LogP contribution in [-0.2, 0) is 9.53 Å². The lowest BCUT2D eigenvalue weighted by Crippen LogP contribution is -2.50. The third-order valence-corrected chi connectivity index (χ3v) is 2.13. The number of nitrogens with one attached hydrogen (secondary N) is 2. The maximum atomic E-state index is 10.2. The average Bonchev–Trinajstić information content (AvgIpc) is 2.15. The molecule has 1 fully saturated rings. The topological polar surface area (TPSA) is 50.4 Å². The molecule has 0 bridgehead atoms. The normalized spacial score (nSPS) is 26.2. The Bertz CT molecular complexity index is 135. The van der Waals surface area contributed by atoms with E-state index in [0.29, 0.717) is 0 Å². The SMILES string of the molecule is CCC(NC=O)C1CNCCO1. The first-order valence-corrected chi connectivity index (χ1v) is 4.40. The Morgan fingerprint density at radius 3 is 3.17 bits per heavy atom. The average molecular weight is 172 g/mol. The van der Waals surface area contributed by atoms with E-state index in [2.05, 4.69) is 10.6 Å². The summed E-state index contributed by atoms with van der Waals surface area (Å²) in [5.74, 6) is 0. The summed E-state index contributed by atoms with van der Waals surface area (Å²) in [6.45, 7) is 4.52. The molecular weight excluding hydrogens is 156 g/mol. The van der Waals surface area contributed by atoms with Crippen LogP contribution in [0.1, 0.15) is 13.3 Å². The van der Waals surface area contributed by atoms with Crippen molar-refractivity contribution in [2.24, 2.45) is 0 Å². The number of carbonyl (C=O) groups excluding carboxylic acids is 1. The van der Waals surface area contributed by atoms with Crippen LogP contribution >= 0.6 is 0 Å². The number of hydrogen-bond acceptors (Lipinski definition) is 3. The summed E-state index contributed by atoms with van der Waals surface area (Å²) in [6.07, 6.45) is 1.78. The molecule has 4 nitrogen and oxygen atoms in total. The molecule has 0 spiro atoms. The van der Waals surface area contributed by atoms with E-state index in [1.54, 1.807) is 0 Å². The molecule has 1 rings (SSSR count). The highest BCUT2D eigenvalue weighted by Gasteiger charge is 2.21. The van der Waals surface area contributed by atoms with Crippen molar-refractivity contribution in [3.8, 4) is 0 Å². The highest BCUT2D eigenvalue weighted by molar-refractivity contribution is 5.46. The smallest absolute Gasteiger partial charge is 0.207 e. The van der Waals surface area contributed by atoms with Gasteiger partial charge in [-0.2, -0.15) is 0 Å². The van der Waals surface area contributed by atoms with Crippen molar-refractivity contribution in [2.45, 2.75) is 25.5 Å². The van der Waals surface area contributed by atoms with E-state index in [4.69, 9.17) is 4.74 Å². The molecule has 12 heavy (non-hydrogen) atoms. The fourth-order valence-electron chi connectivity index (χ4n) is 1.42. The third kappa shape index (κ3) is 2.46. The molecule has 0 aliphatic carbocycles. The molecule has 0 saturated carbocycles. The van der Waals surface area contributed by atoms with Crippen LogP contribution < -0.4 is 10.6 Å². The molecule has 1 saturated heterocycles. The molecule has 2 unspecified atom stereocenters. The second kappa shape index (κ2) is 5.11. The standard InChI is InChI=1S/C8H16N2O2/c1-2-7(10-6-11)8-5-9-3-4-12-8/h6-9H,2-5H2,1H3,(H,10,11). The number of rotatable bonds is 4. The highest BCUT2D eigenvalue weighted by atomic mass is 16.5. The first-order valence-electron chi connectivity index (χ1n) is 4.40. The van der Waals surface area contributed by atoms with E-state index < -0.39 is 0 Å². The summed E-state index contributed by atoms with van der Waals surface area (Å²) >= 11 is 0. The summed E-state index contributed by atoms with van der Waals surface area (Å²) in [5, 5.41) is 5.98. The Hall–Kier alpha value is -0.610. The zero-order chi connectivity index (χ0) is 8.81. The number of ether oxygens (including phenoxy) is 1. The predicted octanol–water partition coefficient (Wildman–Crippen LogP) is -0.501. The van der Waals surface area contributed by atoms with Crippen molar-refractivity contribution in [2.75, 3.05) is 19.7 Å². The molecule has 2 atom stereocenters. The van der Waals surface area contributed by atoms with E-state index in [1.807, 2.05) is 6.92 Å². The van der Waals surface area contributed by atoms with Gasteiger partial charge in [-0.3, -0.25) is 4.79 Å². The van der Waals surface area contributed by atoms with Gasteiger partial charge in [-0.1, -0.05) is 6.92 Å². The molecular formula is C8H16N2O2. The summed E-state index contributed by atoms with van der Waals surface area (Å²) in [5.41, 5.74) is 0. The zero-order valence-electron chi connectivity index (χ0n) is 7.38. The third-order valence-electron chi connectivity index (χ3n) is 2.13. The van der Waals surface area contributed by atoms with Crippen LogP contribution in [0.4, 0.5) is 0 Å². The summed E-state index contributed by atoms with van der Waals surface area (Å²) < 4.78 is 5.50. The van der Waals surface area contributed by atoms with E-state index in [1.165, 1.54) is 0 Å². The predicted molar refractivity (Wildman–Crippen MR) is 45.9 cm³/mol.